The fourth-order valence-electron chi connectivity index (χ4n) is 4.23. The van der Waals surface area contributed by atoms with E-state index in [-0.39, 0.29) is 6.42 Å². The van der Waals surface area contributed by atoms with E-state index in [0.29, 0.717) is 37.0 Å². The highest BCUT2D eigenvalue weighted by Crippen LogP contribution is 2.32. The summed E-state index contributed by atoms with van der Waals surface area (Å²) >= 11 is 0. The third-order valence-electron chi connectivity index (χ3n) is 6.11. The van der Waals surface area contributed by atoms with E-state index in [9.17, 15) is 9.90 Å². The lowest BCUT2D eigenvalue weighted by atomic mass is 9.99. The van der Waals surface area contributed by atoms with Crippen LogP contribution in [0.3, 0.4) is 0 Å². The Morgan fingerprint density at radius 2 is 1.73 bits per heavy atom. The number of aromatic nitrogens is 1. The van der Waals surface area contributed by atoms with Crippen LogP contribution in [-0.2, 0) is 22.4 Å². The molecule has 0 aliphatic heterocycles. The third kappa shape index (κ3) is 6.03. The van der Waals surface area contributed by atoms with Gasteiger partial charge < -0.3 is 28.5 Å². The van der Waals surface area contributed by atoms with Crippen molar-refractivity contribution in [1.29, 1.82) is 0 Å². The summed E-state index contributed by atoms with van der Waals surface area (Å²) in [4.78, 5) is 16.3. The summed E-state index contributed by atoms with van der Waals surface area (Å²) in [6.45, 7) is 4.40. The molecule has 4 rings (SSSR count). The Balaban J connectivity index is 1.50. The molecular formula is C29H31NO7. The van der Waals surface area contributed by atoms with Crippen molar-refractivity contribution in [2.45, 2.75) is 32.8 Å². The van der Waals surface area contributed by atoms with Gasteiger partial charge in [0.2, 0.25) is 5.89 Å². The van der Waals surface area contributed by atoms with Crippen LogP contribution in [0.4, 0.5) is 0 Å². The molecule has 0 aliphatic rings. The molecule has 0 amide bonds. The molecule has 0 aliphatic carbocycles. The number of hydrogen-bond acceptors (Lipinski definition) is 7. The fraction of sp³-hybridized carbons (Fsp3) is 0.310. The van der Waals surface area contributed by atoms with Gasteiger partial charge in [0, 0.05) is 36.5 Å². The molecule has 0 fully saturated rings. The Kier molecular flexibility index (Phi) is 8.30. The fourth-order valence-corrected chi connectivity index (χ4v) is 4.23. The van der Waals surface area contributed by atoms with E-state index in [1.807, 2.05) is 55.5 Å². The van der Waals surface area contributed by atoms with Crippen molar-refractivity contribution in [2.24, 2.45) is 0 Å². The van der Waals surface area contributed by atoms with E-state index in [4.69, 9.17) is 23.4 Å². The first-order valence-corrected chi connectivity index (χ1v) is 12.1. The summed E-state index contributed by atoms with van der Waals surface area (Å²) in [5.74, 6) is 2.27. The molecule has 4 aromatic rings. The summed E-state index contributed by atoms with van der Waals surface area (Å²) in [7, 11) is 3.20. The van der Waals surface area contributed by atoms with Crippen LogP contribution in [0.15, 0.2) is 59.0 Å². The zero-order valence-corrected chi connectivity index (χ0v) is 21.4. The number of carboxylic acids is 1. The van der Waals surface area contributed by atoms with Crippen LogP contribution < -0.4 is 14.2 Å². The van der Waals surface area contributed by atoms with Crippen LogP contribution in [0.5, 0.6) is 17.2 Å². The molecule has 37 heavy (non-hydrogen) atoms. The molecule has 8 heteroatoms. The van der Waals surface area contributed by atoms with Gasteiger partial charge in [-0.15, -0.1) is 0 Å². The average molecular weight is 506 g/mol. The predicted octanol–water partition coefficient (Wildman–Crippen LogP) is 5.47. The maximum atomic E-state index is 11.6. The monoisotopic (exact) mass is 505 g/mol. The van der Waals surface area contributed by atoms with Crippen molar-refractivity contribution in [3.63, 3.8) is 0 Å². The lowest BCUT2D eigenvalue weighted by Crippen LogP contribution is -2.26. The van der Waals surface area contributed by atoms with Gasteiger partial charge >= 0.3 is 5.97 Å². The summed E-state index contributed by atoms with van der Waals surface area (Å²) in [5, 5.41) is 11.4. The van der Waals surface area contributed by atoms with Crippen LogP contribution in [0.1, 0.15) is 23.9 Å². The zero-order valence-electron chi connectivity index (χ0n) is 21.4. The summed E-state index contributed by atoms with van der Waals surface area (Å²) in [6.07, 6.45) is -0.0632. The van der Waals surface area contributed by atoms with Crippen LogP contribution in [-0.4, -0.2) is 49.6 Å². The van der Waals surface area contributed by atoms with Crippen LogP contribution >= 0.6 is 0 Å². The highest BCUT2D eigenvalue weighted by Gasteiger charge is 2.20. The van der Waals surface area contributed by atoms with Crippen molar-refractivity contribution >= 4 is 16.7 Å². The molecule has 3 aromatic carbocycles. The Labute approximate surface area is 215 Å². The van der Waals surface area contributed by atoms with Gasteiger partial charge in [0.15, 0.2) is 6.10 Å². The highest BCUT2D eigenvalue weighted by atomic mass is 16.5. The number of rotatable bonds is 12. The van der Waals surface area contributed by atoms with E-state index in [2.05, 4.69) is 4.98 Å². The predicted molar refractivity (Wildman–Crippen MR) is 140 cm³/mol. The normalized spacial score (nSPS) is 11.9. The number of ether oxygens (including phenoxy) is 4. The second-order valence-corrected chi connectivity index (χ2v) is 8.48. The SMILES string of the molecule is CCOC(Cc1ccc(OCCc2nc(-c3cc(OC)cc(OC)c3)oc2C)c2ccccc12)C(=O)O. The smallest absolute Gasteiger partial charge is 0.333 e. The van der Waals surface area contributed by atoms with E-state index < -0.39 is 12.1 Å². The quantitative estimate of drug-likeness (QED) is 0.270. The van der Waals surface area contributed by atoms with Gasteiger partial charge in [0.05, 0.1) is 26.5 Å². The molecule has 194 valence electrons. The summed E-state index contributed by atoms with van der Waals surface area (Å²) in [5.41, 5.74) is 2.47. The minimum atomic E-state index is -0.971. The van der Waals surface area contributed by atoms with Gasteiger partial charge in [-0.2, -0.15) is 0 Å². The number of carbonyl (C=O) groups is 1. The number of nitrogens with zero attached hydrogens (tertiary/aromatic N) is 1. The molecular weight excluding hydrogens is 474 g/mol. The van der Waals surface area contributed by atoms with Crippen molar-refractivity contribution in [2.75, 3.05) is 27.4 Å². The zero-order chi connectivity index (χ0) is 26.4. The number of fused-ring (bicyclic) bond motifs is 1. The van der Waals surface area contributed by atoms with Gasteiger partial charge in [-0.1, -0.05) is 30.3 Å². The maximum Gasteiger partial charge on any atom is 0.333 e. The van der Waals surface area contributed by atoms with E-state index in [1.54, 1.807) is 27.2 Å². The maximum absolute atomic E-state index is 11.6. The van der Waals surface area contributed by atoms with Gasteiger partial charge in [-0.3, -0.25) is 0 Å². The van der Waals surface area contributed by atoms with E-state index >= 15 is 0 Å². The molecule has 0 spiro atoms. The molecule has 0 bridgehead atoms. The second-order valence-electron chi connectivity index (χ2n) is 8.48. The standard InChI is InChI=1S/C29H31NO7/c1-5-35-27(29(31)32)16-19-10-11-26(24-9-7-6-8-23(19)24)36-13-12-25-18(2)37-28(30-25)20-14-21(33-3)17-22(15-20)34-4/h6-11,14-15,17,27H,5,12-13,16H2,1-4H3,(H,31,32). The number of methoxy groups -OCH3 is 2. The first kappa shape index (κ1) is 26.0. The summed E-state index contributed by atoms with van der Waals surface area (Å²) in [6, 6.07) is 17.1. The number of aliphatic carboxylic acids is 1. The Morgan fingerprint density at radius 3 is 2.38 bits per heavy atom. The van der Waals surface area contributed by atoms with Crippen molar-refractivity contribution in [1.82, 2.24) is 4.98 Å². The van der Waals surface area contributed by atoms with Crippen LogP contribution in [0, 0.1) is 6.92 Å². The average Bonchev–Trinajstić information content (AvgIpc) is 3.29. The molecule has 1 N–H and O–H groups in total. The molecule has 0 saturated carbocycles. The number of oxazole rings is 1. The van der Waals surface area contributed by atoms with Gasteiger partial charge in [0.25, 0.3) is 0 Å². The molecule has 1 unspecified atom stereocenters. The van der Waals surface area contributed by atoms with Crippen LogP contribution in [0.2, 0.25) is 0 Å². The summed E-state index contributed by atoms with van der Waals surface area (Å²) < 4.78 is 28.2. The minimum Gasteiger partial charge on any atom is -0.497 e. The topological polar surface area (TPSA) is 100 Å². The molecule has 0 radical (unpaired) electrons. The van der Waals surface area contributed by atoms with Crippen molar-refractivity contribution < 1.29 is 33.3 Å². The number of benzene rings is 3. The Hall–Kier alpha value is -4.04. The first-order chi connectivity index (χ1) is 17.9. The molecule has 1 heterocycles. The Bertz CT molecular complexity index is 1360. The number of hydrogen-bond donors (Lipinski definition) is 1. The molecule has 8 nitrogen and oxygen atoms in total. The largest absolute Gasteiger partial charge is 0.497 e. The van der Waals surface area contributed by atoms with Gasteiger partial charge in [0.1, 0.15) is 23.0 Å². The molecule has 1 aromatic heterocycles. The molecule has 1 atom stereocenters. The lowest BCUT2D eigenvalue weighted by Gasteiger charge is -2.16. The van der Waals surface area contributed by atoms with E-state index in [0.717, 1.165) is 39.1 Å². The molecule has 0 saturated heterocycles. The first-order valence-electron chi connectivity index (χ1n) is 12.1. The highest BCUT2D eigenvalue weighted by molar-refractivity contribution is 5.91. The Morgan fingerprint density at radius 1 is 1.03 bits per heavy atom. The van der Waals surface area contributed by atoms with Crippen LogP contribution in [0.25, 0.3) is 22.2 Å². The number of aryl methyl sites for hydroxylation is 1. The lowest BCUT2D eigenvalue weighted by molar-refractivity contribution is -0.149. The van der Waals surface area contributed by atoms with Crippen molar-refractivity contribution in [3.05, 3.63) is 71.6 Å². The number of carboxylic acid groups (broad SMARTS) is 1. The van der Waals surface area contributed by atoms with Gasteiger partial charge in [-0.25, -0.2) is 9.78 Å². The van der Waals surface area contributed by atoms with E-state index in [1.165, 1.54) is 0 Å². The minimum absolute atomic E-state index is 0.278. The van der Waals surface area contributed by atoms with Crippen molar-refractivity contribution in [3.8, 4) is 28.7 Å². The van der Waals surface area contributed by atoms with Gasteiger partial charge in [-0.05, 0) is 43.0 Å². The third-order valence-corrected chi connectivity index (χ3v) is 6.11. The second kappa shape index (κ2) is 11.8.